The van der Waals surface area contributed by atoms with Crippen LogP contribution in [0, 0.1) is 12.7 Å². The number of amides is 2. The average Bonchev–Trinajstić information content (AvgIpc) is 3.11. The highest BCUT2D eigenvalue weighted by Gasteiger charge is 2.47. The number of hydrogen-bond donors (Lipinski definition) is 2. The Balaban J connectivity index is 1.46. The largest absolute Gasteiger partial charge is 0.503 e. The molecule has 2 bridgehead atoms. The lowest BCUT2D eigenvalue weighted by Gasteiger charge is -2.44. The molecule has 2 amide bonds. The summed E-state index contributed by atoms with van der Waals surface area (Å²) in [7, 11) is 0. The van der Waals surface area contributed by atoms with E-state index in [1.807, 2.05) is 0 Å². The van der Waals surface area contributed by atoms with Crippen molar-refractivity contribution in [3.8, 4) is 5.75 Å². The fourth-order valence-corrected chi connectivity index (χ4v) is 5.05. The highest BCUT2D eigenvalue weighted by molar-refractivity contribution is 5.99. The van der Waals surface area contributed by atoms with Gasteiger partial charge in [-0.15, -0.1) is 0 Å². The lowest BCUT2D eigenvalue weighted by molar-refractivity contribution is -0.132. The van der Waals surface area contributed by atoms with Crippen LogP contribution in [0.15, 0.2) is 29.2 Å². The van der Waals surface area contributed by atoms with Crippen molar-refractivity contribution < 1.29 is 23.8 Å². The molecule has 1 saturated heterocycles. The molecule has 8 nitrogen and oxygen atoms in total. The molecule has 9 heteroatoms. The molecule has 3 aliphatic rings. The van der Waals surface area contributed by atoms with Crippen molar-refractivity contribution in [3.05, 3.63) is 62.8 Å². The Bertz CT molecular complexity index is 1190. The second kappa shape index (κ2) is 7.44. The Hall–Kier alpha value is -3.20. The molecule has 1 saturated carbocycles. The van der Waals surface area contributed by atoms with Crippen LogP contribution in [0.4, 0.5) is 4.39 Å². The van der Waals surface area contributed by atoms with E-state index in [0.29, 0.717) is 0 Å². The summed E-state index contributed by atoms with van der Waals surface area (Å²) in [5, 5.41) is 13.2. The van der Waals surface area contributed by atoms with Gasteiger partial charge in [-0.05, 0) is 44.7 Å². The van der Waals surface area contributed by atoms with Gasteiger partial charge in [0.1, 0.15) is 11.4 Å². The smallest absolute Gasteiger partial charge is 0.276 e. The number of rotatable bonds is 3. The van der Waals surface area contributed by atoms with Gasteiger partial charge in [0.05, 0.1) is 18.7 Å². The van der Waals surface area contributed by atoms with Crippen LogP contribution < -0.4 is 10.7 Å². The number of benzene rings is 1. The first kappa shape index (κ1) is 20.7. The third kappa shape index (κ3) is 3.19. The van der Waals surface area contributed by atoms with Gasteiger partial charge in [0.2, 0.25) is 5.43 Å². The standard InChI is InChI=1S/C23H24FN3O5/c1-11-3-6-15(17(24)7-11)12(2)25-22(30)16-9-26-10-18-27(13-4-5-14(8-13)32-18)23(31)19(26)21(29)20(16)28/h3,6-7,9,12-14,18,29H,4-5,8,10H2,1-2H3,(H,25,30)/t12-,13+,14-,18-/m0/s1. The van der Waals surface area contributed by atoms with Gasteiger partial charge in [-0.2, -0.15) is 0 Å². The number of carbonyl (C=O) groups is 2. The van der Waals surface area contributed by atoms with Crippen LogP contribution in [-0.2, 0) is 11.3 Å². The molecule has 2 aliphatic heterocycles. The van der Waals surface area contributed by atoms with Gasteiger partial charge in [0.25, 0.3) is 11.8 Å². The summed E-state index contributed by atoms with van der Waals surface area (Å²) in [5.74, 6) is -2.44. The van der Waals surface area contributed by atoms with Gasteiger partial charge in [0.15, 0.2) is 17.7 Å². The molecule has 0 radical (unpaired) electrons. The monoisotopic (exact) mass is 441 g/mol. The van der Waals surface area contributed by atoms with E-state index >= 15 is 0 Å². The molecule has 5 rings (SSSR count). The number of aromatic hydroxyl groups is 1. The summed E-state index contributed by atoms with van der Waals surface area (Å²) in [6.45, 7) is 3.58. The molecular formula is C23H24FN3O5. The van der Waals surface area contributed by atoms with E-state index < -0.39 is 41.1 Å². The van der Waals surface area contributed by atoms with Crippen molar-refractivity contribution in [2.24, 2.45) is 0 Å². The van der Waals surface area contributed by atoms with Crippen LogP contribution in [0.2, 0.25) is 0 Å². The van der Waals surface area contributed by atoms with E-state index in [1.165, 1.54) is 16.8 Å². The van der Waals surface area contributed by atoms with Crippen LogP contribution in [0.25, 0.3) is 0 Å². The molecule has 1 aliphatic carbocycles. The van der Waals surface area contributed by atoms with Crippen molar-refractivity contribution >= 4 is 11.8 Å². The summed E-state index contributed by atoms with van der Waals surface area (Å²) in [6, 6.07) is 4.00. The third-order valence-corrected chi connectivity index (χ3v) is 6.67. The highest BCUT2D eigenvalue weighted by Crippen LogP contribution is 2.38. The minimum absolute atomic E-state index is 0.0303. The SMILES string of the molecule is Cc1ccc([C@H](C)NC(=O)c2cn3c(c(O)c2=O)C(=O)N2[C@@H]4CC[C@@H](C4)O[C@H]2C3)c(F)c1. The van der Waals surface area contributed by atoms with E-state index in [9.17, 15) is 23.9 Å². The van der Waals surface area contributed by atoms with Crippen molar-refractivity contribution in [1.29, 1.82) is 0 Å². The van der Waals surface area contributed by atoms with Crippen LogP contribution in [-0.4, -0.2) is 44.8 Å². The van der Waals surface area contributed by atoms with E-state index in [4.69, 9.17) is 4.74 Å². The van der Waals surface area contributed by atoms with Gasteiger partial charge >= 0.3 is 0 Å². The third-order valence-electron chi connectivity index (χ3n) is 6.67. The normalized spacial score (nSPS) is 24.7. The lowest BCUT2D eigenvalue weighted by Crippen LogP contribution is -2.57. The number of nitrogens with one attached hydrogen (secondary N) is 1. The Morgan fingerprint density at radius 3 is 2.84 bits per heavy atom. The summed E-state index contributed by atoms with van der Waals surface area (Å²) in [5.41, 5.74) is -0.345. The van der Waals surface area contributed by atoms with Gasteiger partial charge in [-0.3, -0.25) is 14.4 Å². The van der Waals surface area contributed by atoms with Gasteiger partial charge in [-0.1, -0.05) is 12.1 Å². The quantitative estimate of drug-likeness (QED) is 0.761. The predicted octanol–water partition coefficient (Wildman–Crippen LogP) is 2.23. The van der Waals surface area contributed by atoms with Gasteiger partial charge < -0.3 is 24.6 Å². The van der Waals surface area contributed by atoms with Crippen LogP contribution in [0.3, 0.4) is 0 Å². The first-order valence-corrected chi connectivity index (χ1v) is 10.8. The molecule has 1 aromatic heterocycles. The fourth-order valence-electron chi connectivity index (χ4n) is 5.05. The van der Waals surface area contributed by atoms with Crippen molar-refractivity contribution in [2.45, 2.75) is 64.1 Å². The maximum Gasteiger partial charge on any atom is 0.276 e. The fraction of sp³-hybridized carbons (Fsp3) is 0.435. The van der Waals surface area contributed by atoms with E-state index in [0.717, 1.165) is 24.8 Å². The first-order chi connectivity index (χ1) is 15.2. The maximum absolute atomic E-state index is 14.3. The Morgan fingerprint density at radius 1 is 1.31 bits per heavy atom. The number of aromatic nitrogens is 1. The van der Waals surface area contributed by atoms with E-state index in [-0.39, 0.29) is 35.5 Å². The topological polar surface area (TPSA) is 101 Å². The van der Waals surface area contributed by atoms with Crippen LogP contribution in [0.5, 0.6) is 5.75 Å². The summed E-state index contributed by atoms with van der Waals surface area (Å²) < 4.78 is 21.7. The second-order valence-corrected chi connectivity index (χ2v) is 8.83. The number of aryl methyl sites for hydroxylation is 1. The number of carbonyl (C=O) groups excluding carboxylic acids is 2. The zero-order chi connectivity index (χ0) is 22.7. The number of fused-ring (bicyclic) bond motifs is 5. The summed E-state index contributed by atoms with van der Waals surface area (Å²) >= 11 is 0. The second-order valence-electron chi connectivity index (χ2n) is 8.83. The summed E-state index contributed by atoms with van der Waals surface area (Å²) in [6.07, 6.45) is 3.31. The molecular weight excluding hydrogens is 417 g/mol. The van der Waals surface area contributed by atoms with Gasteiger partial charge in [-0.25, -0.2) is 4.39 Å². The molecule has 168 valence electrons. The minimum atomic E-state index is -0.931. The molecule has 32 heavy (non-hydrogen) atoms. The Morgan fingerprint density at radius 2 is 2.09 bits per heavy atom. The molecule has 3 heterocycles. The first-order valence-electron chi connectivity index (χ1n) is 10.8. The molecule has 2 aromatic rings. The molecule has 0 spiro atoms. The zero-order valence-electron chi connectivity index (χ0n) is 17.8. The van der Waals surface area contributed by atoms with Gasteiger partial charge in [0, 0.05) is 17.8 Å². The van der Waals surface area contributed by atoms with Crippen LogP contribution in [0.1, 0.15) is 64.2 Å². The predicted molar refractivity (Wildman–Crippen MR) is 112 cm³/mol. The Kier molecular flexibility index (Phi) is 4.81. The highest BCUT2D eigenvalue weighted by atomic mass is 19.1. The summed E-state index contributed by atoms with van der Waals surface area (Å²) in [4.78, 5) is 40.4. The van der Waals surface area contributed by atoms with Crippen LogP contribution >= 0.6 is 0 Å². The van der Waals surface area contributed by atoms with Crippen molar-refractivity contribution in [2.75, 3.05) is 0 Å². The maximum atomic E-state index is 14.3. The Labute approximate surface area is 183 Å². The molecule has 2 N–H and O–H groups in total. The zero-order valence-corrected chi connectivity index (χ0v) is 17.8. The molecule has 0 unspecified atom stereocenters. The number of ether oxygens (including phenoxy) is 1. The lowest BCUT2D eigenvalue weighted by atomic mass is 10.0. The van der Waals surface area contributed by atoms with Crippen molar-refractivity contribution in [1.82, 2.24) is 14.8 Å². The average molecular weight is 441 g/mol. The molecule has 4 atom stereocenters. The van der Waals surface area contributed by atoms with E-state index in [1.54, 1.807) is 30.9 Å². The molecule has 2 fully saturated rings. The number of halogens is 1. The van der Waals surface area contributed by atoms with E-state index in [2.05, 4.69) is 5.32 Å². The minimum Gasteiger partial charge on any atom is -0.503 e. The number of pyridine rings is 1. The molecule has 1 aromatic carbocycles. The number of hydrogen-bond acceptors (Lipinski definition) is 5. The van der Waals surface area contributed by atoms with Crippen molar-refractivity contribution in [3.63, 3.8) is 0 Å². The number of nitrogens with zero attached hydrogens (tertiary/aromatic N) is 2.